The topological polar surface area (TPSA) is 38.1 Å². The number of benzene rings is 1. The summed E-state index contributed by atoms with van der Waals surface area (Å²) in [5, 5.41) is 3.58. The van der Waals surface area contributed by atoms with Crippen LogP contribution in [0.3, 0.4) is 0 Å². The largest absolute Gasteiger partial charge is 0.441 e. The van der Waals surface area contributed by atoms with Crippen LogP contribution in [0.5, 0.6) is 0 Å². The van der Waals surface area contributed by atoms with E-state index in [9.17, 15) is 0 Å². The Morgan fingerprint density at radius 3 is 2.95 bits per heavy atom. The maximum Gasteiger partial charge on any atom is 0.195 e. The van der Waals surface area contributed by atoms with Crippen LogP contribution in [0.25, 0.3) is 11.1 Å². The average molecular weight is 258 g/mol. The quantitative estimate of drug-likeness (QED) is 0.864. The predicted octanol–water partition coefficient (Wildman–Crippen LogP) is 4.38. The molecule has 1 N–H and O–H groups in total. The summed E-state index contributed by atoms with van der Waals surface area (Å²) in [6.45, 7) is 4.33. The molecule has 2 aromatic rings. The third-order valence-corrected chi connectivity index (χ3v) is 4.06. The number of aryl methyl sites for hydroxylation is 1. The molecule has 19 heavy (non-hydrogen) atoms. The molecular formula is C16H22N2O. The summed E-state index contributed by atoms with van der Waals surface area (Å²) in [6, 6.07) is 6.72. The number of oxazole rings is 1. The van der Waals surface area contributed by atoms with Crippen molar-refractivity contribution in [2.75, 3.05) is 5.32 Å². The van der Waals surface area contributed by atoms with E-state index in [1.54, 1.807) is 0 Å². The number of anilines is 1. The van der Waals surface area contributed by atoms with Gasteiger partial charge in [-0.3, -0.25) is 0 Å². The Hall–Kier alpha value is -1.51. The van der Waals surface area contributed by atoms with E-state index in [-0.39, 0.29) is 0 Å². The van der Waals surface area contributed by atoms with E-state index in [0.29, 0.717) is 6.04 Å². The van der Waals surface area contributed by atoms with Gasteiger partial charge in [0.15, 0.2) is 11.5 Å². The molecule has 0 aliphatic heterocycles. The molecule has 3 rings (SSSR count). The zero-order valence-electron chi connectivity index (χ0n) is 11.8. The van der Waals surface area contributed by atoms with Gasteiger partial charge in [-0.05, 0) is 37.5 Å². The van der Waals surface area contributed by atoms with Gasteiger partial charge in [-0.25, -0.2) is 4.98 Å². The number of nitrogens with one attached hydrogen (secondary N) is 1. The maximum absolute atomic E-state index is 5.63. The molecule has 1 aromatic heterocycles. The van der Waals surface area contributed by atoms with Crippen molar-refractivity contribution in [2.24, 2.45) is 5.92 Å². The van der Waals surface area contributed by atoms with Gasteiger partial charge in [0.05, 0.1) is 0 Å². The van der Waals surface area contributed by atoms with Gasteiger partial charge in [0, 0.05) is 18.2 Å². The fraction of sp³-hybridized carbons (Fsp3) is 0.562. The molecule has 0 amide bonds. The number of rotatable bonds is 5. The van der Waals surface area contributed by atoms with E-state index in [1.807, 2.05) is 6.07 Å². The van der Waals surface area contributed by atoms with Gasteiger partial charge >= 0.3 is 0 Å². The third kappa shape index (κ3) is 2.75. The number of fused-ring (bicyclic) bond motifs is 1. The standard InChI is InChI=1S/C16H22N2O/c1-3-16-18-14-10-13(7-8-15(14)19-16)17-11(2)9-12-5-4-6-12/h7-8,10-12,17H,3-6,9H2,1-2H3. The van der Waals surface area contributed by atoms with Gasteiger partial charge in [-0.2, -0.15) is 0 Å². The summed E-state index contributed by atoms with van der Waals surface area (Å²) in [4.78, 5) is 4.48. The van der Waals surface area contributed by atoms with Crippen molar-refractivity contribution in [3.8, 4) is 0 Å². The lowest BCUT2D eigenvalue weighted by Gasteiger charge is -2.28. The van der Waals surface area contributed by atoms with Crippen LogP contribution in [-0.4, -0.2) is 11.0 Å². The molecule has 0 spiro atoms. The van der Waals surface area contributed by atoms with E-state index < -0.39 is 0 Å². The zero-order valence-corrected chi connectivity index (χ0v) is 11.8. The fourth-order valence-corrected chi connectivity index (χ4v) is 2.79. The lowest BCUT2D eigenvalue weighted by atomic mass is 9.81. The van der Waals surface area contributed by atoms with Gasteiger partial charge < -0.3 is 9.73 Å². The van der Waals surface area contributed by atoms with Crippen molar-refractivity contribution in [3.63, 3.8) is 0 Å². The van der Waals surface area contributed by atoms with Crippen LogP contribution < -0.4 is 5.32 Å². The van der Waals surface area contributed by atoms with Gasteiger partial charge in [-0.15, -0.1) is 0 Å². The smallest absolute Gasteiger partial charge is 0.195 e. The summed E-state index contributed by atoms with van der Waals surface area (Å²) in [5.74, 6) is 1.75. The van der Waals surface area contributed by atoms with Gasteiger partial charge in [0.1, 0.15) is 5.52 Å². The molecule has 1 aliphatic rings. The SMILES string of the molecule is CCc1nc2cc(NC(C)CC3CCC3)ccc2o1. The molecule has 0 radical (unpaired) electrons. The zero-order chi connectivity index (χ0) is 13.2. The molecule has 1 aliphatic carbocycles. The van der Waals surface area contributed by atoms with Crippen molar-refractivity contribution in [1.82, 2.24) is 4.98 Å². The van der Waals surface area contributed by atoms with E-state index in [0.717, 1.165) is 35.0 Å². The number of nitrogens with zero attached hydrogens (tertiary/aromatic N) is 1. The number of hydrogen-bond donors (Lipinski definition) is 1. The molecule has 3 heteroatoms. The van der Waals surface area contributed by atoms with Crippen molar-refractivity contribution >= 4 is 16.8 Å². The molecule has 1 atom stereocenters. The predicted molar refractivity (Wildman–Crippen MR) is 78.4 cm³/mol. The minimum absolute atomic E-state index is 0.528. The normalized spacial score (nSPS) is 17.4. The molecule has 1 saturated carbocycles. The van der Waals surface area contributed by atoms with Crippen LogP contribution in [0, 0.1) is 5.92 Å². The van der Waals surface area contributed by atoms with Gasteiger partial charge in [0.25, 0.3) is 0 Å². The van der Waals surface area contributed by atoms with Crippen LogP contribution >= 0.6 is 0 Å². The van der Waals surface area contributed by atoms with Crippen LogP contribution in [0.15, 0.2) is 22.6 Å². The Bertz CT molecular complexity index is 557. The highest BCUT2D eigenvalue weighted by Gasteiger charge is 2.19. The van der Waals surface area contributed by atoms with E-state index in [2.05, 4.69) is 36.3 Å². The summed E-state index contributed by atoms with van der Waals surface area (Å²) < 4.78 is 5.63. The molecule has 1 aromatic carbocycles. The second kappa shape index (κ2) is 5.24. The molecule has 0 bridgehead atoms. The molecule has 0 saturated heterocycles. The molecule has 3 nitrogen and oxygen atoms in total. The van der Waals surface area contributed by atoms with E-state index in [4.69, 9.17) is 4.42 Å². The second-order valence-electron chi connectivity index (χ2n) is 5.72. The lowest BCUT2D eigenvalue weighted by Crippen LogP contribution is -2.23. The van der Waals surface area contributed by atoms with Gasteiger partial charge in [0.2, 0.25) is 0 Å². The highest BCUT2D eigenvalue weighted by atomic mass is 16.3. The first-order chi connectivity index (χ1) is 9.24. The lowest BCUT2D eigenvalue weighted by molar-refractivity contribution is 0.286. The second-order valence-corrected chi connectivity index (χ2v) is 5.72. The number of aromatic nitrogens is 1. The third-order valence-electron chi connectivity index (χ3n) is 4.06. The van der Waals surface area contributed by atoms with Crippen LogP contribution in [0.4, 0.5) is 5.69 Å². The average Bonchev–Trinajstić information content (AvgIpc) is 2.76. The summed E-state index contributed by atoms with van der Waals surface area (Å²) >= 11 is 0. The monoisotopic (exact) mass is 258 g/mol. The Morgan fingerprint density at radius 2 is 2.26 bits per heavy atom. The Morgan fingerprint density at radius 1 is 1.42 bits per heavy atom. The Kier molecular flexibility index (Phi) is 3.45. The summed E-state index contributed by atoms with van der Waals surface area (Å²) in [6.07, 6.45) is 6.36. The highest BCUT2D eigenvalue weighted by Crippen LogP contribution is 2.31. The Labute approximate surface area is 114 Å². The van der Waals surface area contributed by atoms with Gasteiger partial charge in [-0.1, -0.05) is 26.2 Å². The minimum Gasteiger partial charge on any atom is -0.441 e. The molecule has 102 valence electrons. The molecule has 1 fully saturated rings. The first kappa shape index (κ1) is 12.5. The first-order valence-electron chi connectivity index (χ1n) is 7.40. The van der Waals surface area contributed by atoms with Crippen molar-refractivity contribution < 1.29 is 4.42 Å². The van der Waals surface area contributed by atoms with Crippen molar-refractivity contribution in [2.45, 2.75) is 52.0 Å². The van der Waals surface area contributed by atoms with Crippen LogP contribution in [0.2, 0.25) is 0 Å². The van der Waals surface area contributed by atoms with E-state index >= 15 is 0 Å². The van der Waals surface area contributed by atoms with Crippen molar-refractivity contribution in [3.05, 3.63) is 24.1 Å². The van der Waals surface area contributed by atoms with E-state index in [1.165, 1.54) is 25.7 Å². The highest BCUT2D eigenvalue weighted by molar-refractivity contribution is 5.77. The van der Waals surface area contributed by atoms with Crippen LogP contribution in [0.1, 0.15) is 45.4 Å². The number of hydrogen-bond acceptors (Lipinski definition) is 3. The minimum atomic E-state index is 0.528. The molecular weight excluding hydrogens is 236 g/mol. The Balaban J connectivity index is 1.69. The fourth-order valence-electron chi connectivity index (χ4n) is 2.79. The summed E-state index contributed by atoms with van der Waals surface area (Å²) in [5.41, 5.74) is 2.99. The molecule has 1 heterocycles. The summed E-state index contributed by atoms with van der Waals surface area (Å²) in [7, 11) is 0. The first-order valence-corrected chi connectivity index (χ1v) is 7.40. The van der Waals surface area contributed by atoms with Crippen molar-refractivity contribution in [1.29, 1.82) is 0 Å². The molecule has 1 unspecified atom stereocenters. The van der Waals surface area contributed by atoms with Crippen LogP contribution in [-0.2, 0) is 6.42 Å². The maximum atomic E-state index is 5.63.